The fourth-order valence-corrected chi connectivity index (χ4v) is 5.76. The van der Waals surface area contributed by atoms with Crippen LogP contribution in [-0.2, 0) is 17.8 Å². The maximum atomic E-state index is 13.0. The normalized spacial score (nSPS) is 18.7. The van der Waals surface area contributed by atoms with Crippen LogP contribution < -0.4 is 10.2 Å². The summed E-state index contributed by atoms with van der Waals surface area (Å²) in [6.45, 7) is 5.77. The molecule has 29 heavy (non-hydrogen) atoms. The summed E-state index contributed by atoms with van der Waals surface area (Å²) in [5.41, 5.74) is 5.19. The minimum Gasteiger partial charge on any atom is -0.367 e. The van der Waals surface area contributed by atoms with Crippen LogP contribution in [0.4, 0.5) is 20.2 Å². The molecule has 2 heterocycles. The molecule has 1 saturated carbocycles. The van der Waals surface area contributed by atoms with Gasteiger partial charge in [-0.05, 0) is 67.5 Å². The number of thiophene rings is 1. The molecular weight excluding hydrogens is 414 g/mol. The molecular formula is C22H25ClF2N2OS. The van der Waals surface area contributed by atoms with E-state index < -0.39 is 5.92 Å². The van der Waals surface area contributed by atoms with Crippen molar-refractivity contribution >= 4 is 40.2 Å². The van der Waals surface area contributed by atoms with Crippen LogP contribution in [0.15, 0.2) is 18.2 Å². The van der Waals surface area contributed by atoms with E-state index in [1.165, 1.54) is 10.4 Å². The predicted octanol–water partition coefficient (Wildman–Crippen LogP) is 6.35. The summed E-state index contributed by atoms with van der Waals surface area (Å²) in [6, 6.07) is 6.26. The van der Waals surface area contributed by atoms with Gasteiger partial charge < -0.3 is 10.2 Å². The topological polar surface area (TPSA) is 32.3 Å². The van der Waals surface area contributed by atoms with Gasteiger partial charge in [0, 0.05) is 48.6 Å². The summed E-state index contributed by atoms with van der Waals surface area (Å²) in [6.07, 6.45) is 1.92. The van der Waals surface area contributed by atoms with Crippen molar-refractivity contribution in [2.75, 3.05) is 16.8 Å². The van der Waals surface area contributed by atoms with E-state index in [1.54, 1.807) is 11.3 Å². The van der Waals surface area contributed by atoms with Gasteiger partial charge in [-0.1, -0.05) is 11.6 Å². The van der Waals surface area contributed by atoms with Crippen LogP contribution in [0.2, 0.25) is 4.34 Å². The lowest BCUT2D eigenvalue weighted by atomic mass is 9.79. The highest BCUT2D eigenvalue weighted by molar-refractivity contribution is 7.16. The molecule has 0 spiro atoms. The Morgan fingerprint density at radius 3 is 2.62 bits per heavy atom. The molecule has 0 unspecified atom stereocenters. The number of aryl methyl sites for hydroxylation is 3. The highest BCUT2D eigenvalue weighted by atomic mass is 35.5. The van der Waals surface area contributed by atoms with Crippen LogP contribution >= 0.6 is 22.9 Å². The minimum atomic E-state index is -2.59. The number of nitrogens with zero attached hydrogens (tertiary/aromatic N) is 1. The second-order valence-corrected chi connectivity index (χ2v) is 10.1. The Kier molecular flexibility index (Phi) is 5.60. The molecule has 0 atom stereocenters. The van der Waals surface area contributed by atoms with Gasteiger partial charge in [-0.3, -0.25) is 4.79 Å². The highest BCUT2D eigenvalue weighted by Gasteiger charge is 2.45. The van der Waals surface area contributed by atoms with Crippen molar-refractivity contribution in [1.82, 2.24) is 0 Å². The third-order valence-electron chi connectivity index (χ3n) is 5.86. The average Bonchev–Trinajstić information content (AvgIpc) is 2.83. The van der Waals surface area contributed by atoms with E-state index in [-0.39, 0.29) is 31.1 Å². The first-order valence-electron chi connectivity index (χ1n) is 10.0. The molecule has 0 radical (unpaired) electrons. The van der Waals surface area contributed by atoms with Crippen LogP contribution in [0.5, 0.6) is 0 Å². The van der Waals surface area contributed by atoms with E-state index in [9.17, 15) is 13.6 Å². The molecule has 3 nitrogen and oxygen atoms in total. The second kappa shape index (κ2) is 7.88. The van der Waals surface area contributed by atoms with Gasteiger partial charge in [-0.25, -0.2) is 8.78 Å². The Balaban J connectivity index is 1.46. The van der Waals surface area contributed by atoms with Crippen molar-refractivity contribution in [3.8, 4) is 0 Å². The van der Waals surface area contributed by atoms with E-state index in [1.807, 2.05) is 13.8 Å². The molecule has 0 bridgehead atoms. The number of hydrogen-bond acceptors (Lipinski definition) is 3. The number of benzene rings is 1. The monoisotopic (exact) mass is 438 g/mol. The molecule has 2 aromatic rings. The third-order valence-corrected chi connectivity index (χ3v) is 7.22. The van der Waals surface area contributed by atoms with Crippen molar-refractivity contribution in [2.45, 2.75) is 58.4 Å². The van der Waals surface area contributed by atoms with Crippen molar-refractivity contribution in [2.24, 2.45) is 5.92 Å². The number of fused-ring (bicyclic) bond motifs is 1. The van der Waals surface area contributed by atoms with Crippen molar-refractivity contribution in [3.63, 3.8) is 0 Å². The lowest BCUT2D eigenvalue weighted by Crippen LogP contribution is -2.37. The van der Waals surface area contributed by atoms with E-state index in [0.717, 1.165) is 52.8 Å². The molecule has 1 aliphatic heterocycles. The number of hydrogen-bond donors (Lipinski definition) is 1. The Morgan fingerprint density at radius 2 is 1.97 bits per heavy atom. The fourth-order valence-electron chi connectivity index (χ4n) is 4.41. The second-order valence-electron chi connectivity index (χ2n) is 8.36. The maximum Gasteiger partial charge on any atom is 0.248 e. The average molecular weight is 439 g/mol. The molecule has 1 aliphatic carbocycles. The third kappa shape index (κ3) is 4.58. The fraction of sp³-hybridized carbons (Fsp3) is 0.500. The lowest BCUT2D eigenvalue weighted by molar-refractivity contribution is -0.129. The number of anilines is 2. The number of carbonyl (C=O) groups excluding carboxylic acids is 1. The van der Waals surface area contributed by atoms with Gasteiger partial charge in [0.1, 0.15) is 0 Å². The standard InChI is InChI=1S/C22H25ClF2N2OS/c1-13-6-17(27-5-3-4-18-16(12-27)9-19(23)29-18)7-14(2)21(13)26-20(28)8-15-10-22(24,25)11-15/h6-7,9,15H,3-5,8,10-12H2,1-2H3,(H,26,28). The van der Waals surface area contributed by atoms with Crippen LogP contribution in [0.25, 0.3) is 0 Å². The van der Waals surface area contributed by atoms with Crippen LogP contribution in [0.3, 0.4) is 0 Å². The molecule has 1 aromatic heterocycles. The largest absolute Gasteiger partial charge is 0.367 e. The molecule has 2 aliphatic rings. The number of alkyl halides is 2. The molecule has 0 saturated heterocycles. The Bertz CT molecular complexity index is 912. The Morgan fingerprint density at radius 1 is 1.28 bits per heavy atom. The first-order valence-corrected chi connectivity index (χ1v) is 11.2. The molecule has 4 rings (SSSR count). The van der Waals surface area contributed by atoms with Crippen molar-refractivity contribution in [1.29, 1.82) is 0 Å². The quantitative estimate of drug-likeness (QED) is 0.603. The summed E-state index contributed by atoms with van der Waals surface area (Å²) in [4.78, 5) is 16.1. The summed E-state index contributed by atoms with van der Waals surface area (Å²) < 4.78 is 26.8. The lowest BCUT2D eigenvalue weighted by Gasteiger charge is -2.34. The van der Waals surface area contributed by atoms with Crippen LogP contribution in [-0.4, -0.2) is 18.4 Å². The van der Waals surface area contributed by atoms with Gasteiger partial charge in [-0.15, -0.1) is 11.3 Å². The summed E-state index contributed by atoms with van der Waals surface area (Å²) in [7, 11) is 0. The Labute approximate surface area is 179 Å². The van der Waals surface area contributed by atoms with Gasteiger partial charge in [-0.2, -0.15) is 0 Å². The van der Waals surface area contributed by atoms with E-state index in [4.69, 9.17) is 11.6 Å². The van der Waals surface area contributed by atoms with Gasteiger partial charge in [0.2, 0.25) is 11.8 Å². The van der Waals surface area contributed by atoms with Gasteiger partial charge in [0.25, 0.3) is 0 Å². The van der Waals surface area contributed by atoms with Gasteiger partial charge >= 0.3 is 0 Å². The molecule has 1 amide bonds. The van der Waals surface area contributed by atoms with Crippen LogP contribution in [0.1, 0.15) is 47.3 Å². The highest BCUT2D eigenvalue weighted by Crippen LogP contribution is 2.44. The Hall–Kier alpha value is -1.66. The molecule has 156 valence electrons. The number of halogens is 3. The molecule has 7 heteroatoms. The first-order chi connectivity index (χ1) is 13.7. The number of rotatable bonds is 4. The molecule has 1 N–H and O–H groups in total. The predicted molar refractivity (Wildman–Crippen MR) is 116 cm³/mol. The van der Waals surface area contributed by atoms with E-state index in [2.05, 4.69) is 28.4 Å². The first kappa shape index (κ1) is 20.6. The van der Waals surface area contributed by atoms with Gasteiger partial charge in [0.15, 0.2) is 0 Å². The van der Waals surface area contributed by atoms with Crippen LogP contribution in [0, 0.1) is 19.8 Å². The molecule has 1 fully saturated rings. The zero-order valence-corrected chi connectivity index (χ0v) is 18.2. The zero-order valence-electron chi connectivity index (χ0n) is 16.7. The minimum absolute atomic E-state index is 0.157. The zero-order chi connectivity index (χ0) is 20.8. The number of nitrogens with one attached hydrogen (secondary N) is 1. The van der Waals surface area contributed by atoms with Crippen molar-refractivity contribution in [3.05, 3.63) is 44.1 Å². The van der Waals surface area contributed by atoms with E-state index in [0.29, 0.717) is 0 Å². The molecule has 1 aromatic carbocycles. The summed E-state index contributed by atoms with van der Waals surface area (Å²) >= 11 is 7.87. The summed E-state index contributed by atoms with van der Waals surface area (Å²) in [5.74, 6) is -2.98. The van der Waals surface area contributed by atoms with Crippen molar-refractivity contribution < 1.29 is 13.6 Å². The van der Waals surface area contributed by atoms with E-state index >= 15 is 0 Å². The van der Waals surface area contributed by atoms with Gasteiger partial charge in [0.05, 0.1) is 4.34 Å². The SMILES string of the molecule is Cc1cc(N2CCCc3sc(Cl)cc3C2)cc(C)c1NC(=O)CC1CC(F)(F)C1. The number of amides is 1. The summed E-state index contributed by atoms with van der Waals surface area (Å²) in [5, 5.41) is 2.95. The number of carbonyl (C=O) groups is 1. The maximum absolute atomic E-state index is 13.0. The smallest absolute Gasteiger partial charge is 0.248 e.